The number of hydrogen-bond acceptors (Lipinski definition) is 26. The molecule has 6 aromatic rings. The lowest BCUT2D eigenvalue weighted by Gasteiger charge is -2.56. The second kappa shape index (κ2) is 53.2. The number of imide groups is 1. The number of nitrogens with one attached hydrogen (secondary N) is 4. The fourth-order valence-electron chi connectivity index (χ4n) is 22.0. The highest BCUT2D eigenvalue weighted by molar-refractivity contribution is 7.85. The van der Waals surface area contributed by atoms with E-state index in [9.17, 15) is 56.7 Å². The molecule has 35 heteroatoms. The van der Waals surface area contributed by atoms with E-state index in [0.29, 0.717) is 135 Å². The maximum Gasteiger partial charge on any atom is 0.264 e. The Morgan fingerprint density at radius 3 is 1.75 bits per heavy atom. The van der Waals surface area contributed by atoms with Crippen LogP contribution in [0.4, 0.5) is 11.4 Å². The summed E-state index contributed by atoms with van der Waals surface area (Å²) in [6, 6.07) is 26.1. The lowest BCUT2D eigenvalue weighted by molar-refractivity contribution is -0.150. The predicted molar refractivity (Wildman–Crippen MR) is 528 cm³/mol. The molecule has 6 aliphatic rings. The first kappa shape index (κ1) is 110. The molecule has 1 aliphatic heterocycles. The lowest BCUT2D eigenvalue weighted by atomic mass is 9.49. The number of ether oxygens (including phenoxy) is 9. The van der Waals surface area contributed by atoms with Crippen LogP contribution in [0.25, 0.3) is 22.5 Å². The topological polar surface area (TPSA) is 441 Å². The second-order valence-corrected chi connectivity index (χ2v) is 41.8. The van der Waals surface area contributed by atoms with Gasteiger partial charge in [0.05, 0.1) is 152 Å². The number of benzene rings is 4. The second-order valence-electron chi connectivity index (χ2n) is 40.2. The van der Waals surface area contributed by atoms with Crippen molar-refractivity contribution < 1.29 is 109 Å². The number of aryl methyl sites for hydroxylation is 3. The normalized spacial score (nSPS) is 20.9. The maximum atomic E-state index is 15.0. The molecule has 0 radical (unpaired) electrons. The van der Waals surface area contributed by atoms with Crippen LogP contribution in [0.1, 0.15) is 254 Å². The molecule has 6 amide bonds. The molecule has 0 bridgehead atoms. The van der Waals surface area contributed by atoms with E-state index in [1.807, 2.05) is 118 Å². The lowest BCUT2D eigenvalue weighted by Crippen LogP contribution is -2.60. The molecular formula is C106H149N11O23S. The summed E-state index contributed by atoms with van der Waals surface area (Å²) in [7, 11) is -2.26. The van der Waals surface area contributed by atoms with Crippen molar-refractivity contribution in [3.8, 4) is 28.3 Å². The average Bonchev–Trinajstić information content (AvgIpc) is 1.23. The Morgan fingerprint density at radius 1 is 0.539 bits per heavy atom. The van der Waals surface area contributed by atoms with Crippen molar-refractivity contribution in [2.45, 2.75) is 264 Å². The molecule has 2 fully saturated rings. The van der Waals surface area contributed by atoms with Crippen molar-refractivity contribution in [3.05, 3.63) is 124 Å². The van der Waals surface area contributed by atoms with Crippen molar-refractivity contribution in [3.63, 3.8) is 0 Å². The van der Waals surface area contributed by atoms with Crippen LogP contribution in [-0.2, 0) is 151 Å². The summed E-state index contributed by atoms with van der Waals surface area (Å²) >= 11 is 0. The zero-order chi connectivity index (χ0) is 101. The monoisotopic (exact) mass is 1980 g/mol. The number of amides is 6. The van der Waals surface area contributed by atoms with Gasteiger partial charge in [-0.25, -0.2) is 9.36 Å². The summed E-state index contributed by atoms with van der Waals surface area (Å²) in [4.78, 5) is 141. The van der Waals surface area contributed by atoms with Gasteiger partial charge in [-0.1, -0.05) is 146 Å². The number of aromatic hydroxyl groups is 1. The summed E-state index contributed by atoms with van der Waals surface area (Å²) in [5, 5.41) is 40.5. The molecule has 5 aliphatic carbocycles. The van der Waals surface area contributed by atoms with Crippen LogP contribution in [0.5, 0.6) is 5.75 Å². The highest BCUT2D eigenvalue weighted by Gasteiger charge is 2.59. The van der Waals surface area contributed by atoms with Gasteiger partial charge in [0.15, 0.2) is 5.78 Å². The predicted octanol–water partition coefficient (Wildman–Crippen LogP) is 13.0. The van der Waals surface area contributed by atoms with Gasteiger partial charge in [0, 0.05) is 100 Å². The Kier molecular flexibility index (Phi) is 41.5. The number of ketones is 4. The highest BCUT2D eigenvalue weighted by atomic mass is 32.2. The van der Waals surface area contributed by atoms with Gasteiger partial charge in [-0.3, -0.25) is 57.8 Å². The molecule has 141 heavy (non-hydrogen) atoms. The van der Waals surface area contributed by atoms with Crippen LogP contribution in [0, 0.1) is 40.4 Å². The van der Waals surface area contributed by atoms with Crippen molar-refractivity contribution in [1.82, 2.24) is 45.9 Å². The molecule has 3 heterocycles. The number of phenolic OH excluding ortho intramolecular Hbond substituents is 1. The number of rotatable bonds is 58. The molecule has 0 spiro atoms. The fraction of sp³-hybridized carbons (Fsp3) is 0.642. The summed E-state index contributed by atoms with van der Waals surface area (Å²) in [6.07, 6.45) is 13.3. The summed E-state index contributed by atoms with van der Waals surface area (Å²) in [5.74, 6) is -5.00. The molecule has 6 N–H and O–H groups in total. The van der Waals surface area contributed by atoms with Gasteiger partial charge in [-0.2, -0.15) is 8.42 Å². The van der Waals surface area contributed by atoms with Gasteiger partial charge in [0.2, 0.25) is 35.4 Å². The van der Waals surface area contributed by atoms with E-state index in [-0.39, 0.29) is 193 Å². The quantitative estimate of drug-likeness (QED) is 0.0117. The van der Waals surface area contributed by atoms with Crippen LogP contribution in [0.15, 0.2) is 84.9 Å². The van der Waals surface area contributed by atoms with Gasteiger partial charge in [0.1, 0.15) is 47.2 Å². The number of Topliss-reactive ketones (excluding diaryl/α,β-unsaturated/α-hetero) is 4. The van der Waals surface area contributed by atoms with Gasteiger partial charge in [0.25, 0.3) is 10.1 Å². The number of para-hydroxylation sites is 1. The third-order valence-corrected chi connectivity index (χ3v) is 30.5. The van der Waals surface area contributed by atoms with Gasteiger partial charge < -0.3 is 68.6 Å². The minimum Gasteiger partial charge on any atom is -0.508 e. The summed E-state index contributed by atoms with van der Waals surface area (Å²) in [5.41, 5.74) is 9.17. The SMILES string of the molecule is CC(C)[C@H](NC(=O)[C@@H](CCCCNC(=O)COC1CCCCCc2c1nnn2CCOCCOCCOCCOCCC(=O)CCCS(=O)(=O)O)CC(=O)CCOCCOCCOCCOCCCC(=O)CCC(=O)N1Cc2ccccc2-c2nnn(C)c2-c2ccccc21)C(=O)C[C@@H](C)C(=O)Nc1ccc2c(c1)[C@@]1(C)CCC[C@](C)(C(=O)NC(=O)[C@@]3(C)CCC[C@]4(C)c5cc(O)ccc5CC[C@@H]34)[C@@H]1CC2. The van der Waals surface area contributed by atoms with E-state index in [0.717, 1.165) is 127 Å². The minimum absolute atomic E-state index is 0.00850. The molecule has 0 saturated heterocycles. The molecule has 2 saturated carbocycles. The Bertz CT molecular complexity index is 5350. The minimum atomic E-state index is -4.09. The fourth-order valence-corrected chi connectivity index (χ4v) is 22.5. The zero-order valence-corrected chi connectivity index (χ0v) is 84.6. The van der Waals surface area contributed by atoms with Crippen LogP contribution in [0.2, 0.25) is 0 Å². The van der Waals surface area contributed by atoms with E-state index in [4.69, 9.17) is 47.2 Å². The Hall–Kier alpha value is -9.79. The van der Waals surface area contributed by atoms with E-state index in [1.165, 1.54) is 5.56 Å². The number of carbonyl (C=O) groups is 10. The first-order chi connectivity index (χ1) is 67.8. The number of aromatic nitrogens is 6. The van der Waals surface area contributed by atoms with E-state index in [1.54, 1.807) is 22.6 Å². The molecular weight excluding hydrogens is 1830 g/mol. The summed E-state index contributed by atoms with van der Waals surface area (Å²) in [6.45, 7) is 19.2. The van der Waals surface area contributed by atoms with Crippen molar-refractivity contribution in [1.29, 1.82) is 0 Å². The third kappa shape index (κ3) is 30.2. The van der Waals surface area contributed by atoms with E-state index < -0.39 is 67.9 Å². The Balaban J connectivity index is 0.570. The van der Waals surface area contributed by atoms with E-state index in [2.05, 4.69) is 55.7 Å². The first-order valence-corrected chi connectivity index (χ1v) is 52.7. The van der Waals surface area contributed by atoms with Gasteiger partial charge >= 0.3 is 0 Å². The molecule has 772 valence electrons. The number of hydrogen-bond donors (Lipinski definition) is 6. The maximum absolute atomic E-state index is 15.0. The highest BCUT2D eigenvalue weighted by Crippen LogP contribution is 2.60. The Morgan fingerprint density at radius 2 is 1.11 bits per heavy atom. The number of carbonyl (C=O) groups excluding carboxylic acids is 10. The number of unbranched alkanes of at least 4 members (excludes halogenated alkanes) is 1. The van der Waals surface area contributed by atoms with Crippen LogP contribution in [-0.4, -0.2) is 237 Å². The molecule has 1 unspecified atom stereocenters. The van der Waals surface area contributed by atoms with Crippen LogP contribution in [0.3, 0.4) is 0 Å². The van der Waals surface area contributed by atoms with Crippen molar-refractivity contribution in [2.75, 3.05) is 135 Å². The smallest absolute Gasteiger partial charge is 0.264 e. The zero-order valence-electron chi connectivity index (χ0n) is 83.8. The first-order valence-electron chi connectivity index (χ1n) is 51.0. The Labute approximate surface area is 829 Å². The van der Waals surface area contributed by atoms with E-state index >= 15 is 4.79 Å². The van der Waals surface area contributed by atoms with Gasteiger partial charge in [-0.05, 0) is 183 Å². The third-order valence-electron chi connectivity index (χ3n) is 29.7. The largest absolute Gasteiger partial charge is 0.508 e. The van der Waals surface area contributed by atoms with Gasteiger partial charge in [-0.15, -0.1) is 10.2 Å². The molecule has 4 aromatic carbocycles. The number of phenols is 1. The van der Waals surface area contributed by atoms with Crippen LogP contribution < -0.4 is 26.2 Å². The number of nitrogens with zero attached hydrogens (tertiary/aromatic N) is 7. The van der Waals surface area contributed by atoms with Crippen molar-refractivity contribution >= 4 is 80.1 Å². The molecule has 12 rings (SSSR count). The molecule has 34 nitrogen and oxygen atoms in total. The molecule has 10 atom stereocenters. The van der Waals surface area contributed by atoms with Crippen LogP contribution >= 0.6 is 0 Å². The van der Waals surface area contributed by atoms with Crippen molar-refractivity contribution in [2.24, 2.45) is 47.5 Å². The average molecular weight is 1980 g/mol. The number of fused-ring (bicyclic) bond motifs is 12. The molecule has 2 aromatic heterocycles. The summed E-state index contributed by atoms with van der Waals surface area (Å²) < 4.78 is 85.8. The number of anilines is 2. The standard InChI is InChI=1S/C106H149N11O23S/c1-72(2)95(89(122)66-73(3)99(125)108-78-35-31-74-33-38-91-103(4,85(74)68-78)43-20-45-105(91,6)101(127)110-102(128)106(7)46-21-44-104(5)86-69-81(120)36-32-75(86)34-39-92(104)106)109-100(126)76(22-16-17-47-107-93(123)71-140-90-30-11-9-10-29-88-97(90)112-114-117(88)48-52-135-56-60-139-64-63-137-58-54-133-50-41-80(119)25-19-65-141(129,130)131)67-82(121)42-51-134-55-59-138-62-61-136-57-53-132-49-18-24-79(118)37-40-94(124)116-70-77-23-12-13-26-83(77)96-98(115(8)113-111-96)84-27-14-15-28-87(84)116/h12-15,23,26-28,31-32,35-36,68-69,72-73,76,90-92,95,120H,9-11,16-22,24-25,29-30,33-34,37-67,70-71H2,1-8H3,(H,107,123)(H,108,125)(H,109,126)(H,110,127,128)(H,129,130,131)/t73-,76+,90?,91-,92-,95+,103-,104-,105+,106+/m1/s1.